The number of Topliss-reactive ketones (excluding diaryl/α,β-unsaturated/α-hetero) is 1. The Bertz CT molecular complexity index is 1190. The van der Waals surface area contributed by atoms with Crippen molar-refractivity contribution < 1.29 is 28.4 Å². The number of ketones is 1. The average Bonchev–Trinajstić information content (AvgIpc) is 3.45. The van der Waals surface area contributed by atoms with Gasteiger partial charge < -0.3 is 14.7 Å². The van der Waals surface area contributed by atoms with Crippen molar-refractivity contribution in [1.82, 2.24) is 9.88 Å². The van der Waals surface area contributed by atoms with Crippen molar-refractivity contribution in [3.8, 4) is 5.75 Å². The molecule has 0 spiro atoms. The molecule has 8 heteroatoms. The van der Waals surface area contributed by atoms with Gasteiger partial charge in [0.05, 0.1) is 19.2 Å². The van der Waals surface area contributed by atoms with Gasteiger partial charge in [-0.15, -0.1) is 0 Å². The molecule has 1 aliphatic heterocycles. The predicted molar refractivity (Wildman–Crippen MR) is 121 cm³/mol. The van der Waals surface area contributed by atoms with Gasteiger partial charge in [-0.3, -0.25) is 14.6 Å². The number of benzene rings is 2. The number of nitrogens with zero attached hydrogens (tertiary/aromatic N) is 2. The summed E-state index contributed by atoms with van der Waals surface area (Å²) in [6.45, 7) is 3.32. The Morgan fingerprint density at radius 3 is 2.62 bits per heavy atom. The summed E-state index contributed by atoms with van der Waals surface area (Å²) in [5, 5.41) is 13.4. The molecule has 1 atom stereocenters. The van der Waals surface area contributed by atoms with Crippen LogP contribution >= 0.6 is 0 Å². The highest BCUT2D eigenvalue weighted by atomic mass is 19.1. The van der Waals surface area contributed by atoms with E-state index in [1.165, 1.54) is 23.1 Å². The number of H-pyrrole nitrogens is 1. The first-order valence-corrected chi connectivity index (χ1v) is 11.3. The third kappa shape index (κ3) is 4.71. The first-order valence-electron chi connectivity index (χ1n) is 11.3. The largest absolute Gasteiger partial charge is 0.872 e. The highest BCUT2D eigenvalue weighted by Crippen LogP contribution is 2.39. The number of carbonyl (C=O) groups excluding carboxylic acids is 2. The second-order valence-electron chi connectivity index (χ2n) is 8.07. The number of halogens is 1. The summed E-state index contributed by atoms with van der Waals surface area (Å²) in [5.41, 5.74) is 0.139. The molecular formula is C26H26FN3O4. The summed E-state index contributed by atoms with van der Waals surface area (Å²) in [5.74, 6) is -2.24. The van der Waals surface area contributed by atoms with E-state index in [0.29, 0.717) is 25.3 Å². The molecule has 0 bridgehead atoms. The summed E-state index contributed by atoms with van der Waals surface area (Å²) in [6.07, 6.45) is 6.77. The molecule has 1 aromatic heterocycles. The molecule has 7 nitrogen and oxygen atoms in total. The zero-order valence-electron chi connectivity index (χ0n) is 18.9. The van der Waals surface area contributed by atoms with Gasteiger partial charge in [0.1, 0.15) is 24.0 Å². The van der Waals surface area contributed by atoms with Crippen LogP contribution in [0, 0.1) is 5.82 Å². The van der Waals surface area contributed by atoms with E-state index in [4.69, 9.17) is 4.74 Å². The maximum Gasteiger partial charge on any atom is 0.295 e. The molecule has 1 saturated heterocycles. The second-order valence-corrected chi connectivity index (χ2v) is 8.07. The Morgan fingerprint density at radius 1 is 1.18 bits per heavy atom. The number of likely N-dealkylation sites (tertiary alicyclic amines) is 1. The third-order valence-electron chi connectivity index (χ3n) is 5.74. The molecule has 0 aliphatic carbocycles. The van der Waals surface area contributed by atoms with Crippen LogP contribution in [0.1, 0.15) is 36.9 Å². The van der Waals surface area contributed by atoms with Crippen LogP contribution in [-0.2, 0) is 16.1 Å². The van der Waals surface area contributed by atoms with Gasteiger partial charge in [0.25, 0.3) is 5.91 Å². The molecule has 1 N–H and O–H groups in total. The number of aryl methyl sites for hydroxylation is 1. The van der Waals surface area contributed by atoms with E-state index in [1.807, 2.05) is 17.7 Å². The van der Waals surface area contributed by atoms with Gasteiger partial charge in [-0.2, -0.15) is 0 Å². The molecule has 3 aromatic rings. The van der Waals surface area contributed by atoms with Crippen LogP contribution in [0.5, 0.6) is 5.75 Å². The lowest BCUT2D eigenvalue weighted by atomic mass is 9.95. The molecule has 1 fully saturated rings. The van der Waals surface area contributed by atoms with Crippen molar-refractivity contribution in [2.45, 2.75) is 32.4 Å². The molecular weight excluding hydrogens is 437 g/mol. The standard InChI is InChI=1S/C26H26FN3O4/c1-2-16-34-19-10-8-18(9-11-19)24(31)22-23(20-6-3-4-7-21(20)27)30(26(33)25(22)32)14-5-13-29-15-12-28-17-29/h3-4,6-12,15,17,23H,2,5,13-14,16H2,1H3,(H,31,32). The number of aromatic amines is 1. The maximum atomic E-state index is 14.8. The van der Waals surface area contributed by atoms with Crippen molar-refractivity contribution in [2.75, 3.05) is 13.2 Å². The van der Waals surface area contributed by atoms with Gasteiger partial charge in [0.15, 0.2) is 0 Å². The Morgan fingerprint density at radius 2 is 1.94 bits per heavy atom. The fraction of sp³-hybridized carbons (Fsp3) is 0.269. The first kappa shape index (κ1) is 23.2. The van der Waals surface area contributed by atoms with E-state index in [9.17, 15) is 19.1 Å². The Hall–Kier alpha value is -3.94. The number of aromatic nitrogens is 2. The Labute approximate surface area is 197 Å². The predicted octanol–water partition coefficient (Wildman–Crippen LogP) is 2.54. The van der Waals surface area contributed by atoms with E-state index in [0.717, 1.165) is 6.42 Å². The van der Waals surface area contributed by atoms with Crippen molar-refractivity contribution in [2.24, 2.45) is 0 Å². The summed E-state index contributed by atoms with van der Waals surface area (Å²) >= 11 is 0. The van der Waals surface area contributed by atoms with Crippen LogP contribution in [-0.4, -0.2) is 34.7 Å². The molecule has 2 heterocycles. The molecule has 34 heavy (non-hydrogen) atoms. The molecule has 1 unspecified atom stereocenters. The molecule has 1 amide bonds. The van der Waals surface area contributed by atoms with Crippen LogP contribution in [0.3, 0.4) is 0 Å². The number of ether oxygens (including phenoxy) is 1. The quantitative estimate of drug-likeness (QED) is 0.229. The molecule has 176 valence electrons. The third-order valence-corrected chi connectivity index (χ3v) is 5.74. The summed E-state index contributed by atoms with van der Waals surface area (Å²) < 4.78 is 22.3. The fourth-order valence-electron chi connectivity index (χ4n) is 4.08. The SMILES string of the molecule is CCCOc1ccc(/C([O-])=C2\C(=O)C(=O)N(CCC[n+]3cc[nH]c3)C2c2ccccc2F)cc1. The van der Waals surface area contributed by atoms with E-state index in [2.05, 4.69) is 4.98 Å². The second kappa shape index (κ2) is 10.3. The first-order chi connectivity index (χ1) is 16.5. The number of hydrogen-bond donors (Lipinski definition) is 1. The lowest BCUT2D eigenvalue weighted by Crippen LogP contribution is -2.36. The minimum absolute atomic E-state index is 0.127. The average molecular weight is 464 g/mol. The smallest absolute Gasteiger partial charge is 0.295 e. The van der Waals surface area contributed by atoms with Crippen LogP contribution < -0.4 is 14.4 Å². The number of imidazole rings is 1. The molecule has 2 aromatic carbocycles. The molecule has 0 saturated carbocycles. The minimum atomic E-state index is -1.08. The molecule has 1 aliphatic rings. The molecule has 4 rings (SSSR count). The van der Waals surface area contributed by atoms with Gasteiger partial charge >= 0.3 is 0 Å². The minimum Gasteiger partial charge on any atom is -0.872 e. The van der Waals surface area contributed by atoms with Crippen LogP contribution in [0.4, 0.5) is 4.39 Å². The van der Waals surface area contributed by atoms with Crippen LogP contribution in [0.15, 0.2) is 72.8 Å². The van der Waals surface area contributed by atoms with E-state index in [-0.39, 0.29) is 23.2 Å². The van der Waals surface area contributed by atoms with Crippen molar-refractivity contribution in [3.63, 3.8) is 0 Å². The van der Waals surface area contributed by atoms with Gasteiger partial charge in [0.2, 0.25) is 12.1 Å². The number of amides is 1. The van der Waals surface area contributed by atoms with E-state index >= 15 is 0 Å². The van der Waals surface area contributed by atoms with Crippen molar-refractivity contribution >= 4 is 17.4 Å². The Balaban J connectivity index is 1.69. The summed E-state index contributed by atoms with van der Waals surface area (Å²) in [6, 6.07) is 11.3. The van der Waals surface area contributed by atoms with Gasteiger partial charge in [-0.1, -0.05) is 43.0 Å². The van der Waals surface area contributed by atoms with Gasteiger partial charge in [0, 0.05) is 24.1 Å². The number of carbonyl (C=O) groups is 2. The number of rotatable bonds is 9. The van der Waals surface area contributed by atoms with Crippen molar-refractivity contribution in [1.29, 1.82) is 0 Å². The summed E-state index contributed by atoms with van der Waals surface area (Å²) in [4.78, 5) is 30.2. The normalized spacial score (nSPS) is 17.4. The highest BCUT2D eigenvalue weighted by molar-refractivity contribution is 6.46. The van der Waals surface area contributed by atoms with Crippen molar-refractivity contribution in [3.05, 3.63) is 89.8 Å². The Kier molecular flexibility index (Phi) is 7.06. The lowest BCUT2D eigenvalue weighted by molar-refractivity contribution is -0.695. The number of nitrogens with one attached hydrogen (secondary N) is 1. The maximum absolute atomic E-state index is 14.8. The molecule has 0 radical (unpaired) electrons. The zero-order chi connectivity index (χ0) is 24.1. The van der Waals surface area contributed by atoms with E-state index < -0.39 is 29.3 Å². The number of hydrogen-bond acceptors (Lipinski definition) is 4. The summed E-state index contributed by atoms with van der Waals surface area (Å²) in [7, 11) is 0. The van der Waals surface area contributed by atoms with Crippen LogP contribution in [0.25, 0.3) is 5.76 Å². The topological polar surface area (TPSA) is 89.3 Å². The highest BCUT2D eigenvalue weighted by Gasteiger charge is 2.44. The van der Waals surface area contributed by atoms with Gasteiger partial charge in [-0.25, -0.2) is 8.96 Å². The van der Waals surface area contributed by atoms with E-state index in [1.54, 1.807) is 42.9 Å². The van der Waals surface area contributed by atoms with Crippen LogP contribution in [0.2, 0.25) is 0 Å². The van der Waals surface area contributed by atoms with Gasteiger partial charge in [-0.05, 0) is 30.2 Å². The lowest BCUT2D eigenvalue weighted by Gasteiger charge is -2.27. The fourth-order valence-corrected chi connectivity index (χ4v) is 4.08. The zero-order valence-corrected chi connectivity index (χ0v) is 18.9. The monoisotopic (exact) mass is 463 g/mol.